The maximum atomic E-state index is 5.09. The van der Waals surface area contributed by atoms with Crippen molar-refractivity contribution in [1.82, 2.24) is 5.06 Å². The van der Waals surface area contributed by atoms with Gasteiger partial charge in [-0.3, -0.25) is 0 Å². The Kier molecular flexibility index (Phi) is 2.26. The van der Waals surface area contributed by atoms with Gasteiger partial charge in [-0.05, 0) is 12.2 Å². The van der Waals surface area contributed by atoms with Crippen LogP contribution in [0.4, 0.5) is 0 Å². The SMILES string of the molecule is C1=CON(C2OCOCO2)C=C1. The highest BCUT2D eigenvalue weighted by molar-refractivity contribution is 5.01. The van der Waals surface area contributed by atoms with Gasteiger partial charge in [0.1, 0.15) is 6.26 Å². The molecule has 0 amide bonds. The first-order valence-corrected chi connectivity index (χ1v) is 3.56. The van der Waals surface area contributed by atoms with Crippen molar-refractivity contribution in [2.75, 3.05) is 13.6 Å². The molecule has 0 spiro atoms. The van der Waals surface area contributed by atoms with Crippen molar-refractivity contribution in [1.29, 1.82) is 0 Å². The van der Waals surface area contributed by atoms with Gasteiger partial charge in [0.05, 0.1) is 0 Å². The minimum atomic E-state index is -0.514. The predicted molar refractivity (Wildman–Crippen MR) is 38.0 cm³/mol. The average molecular weight is 171 g/mol. The molecule has 0 saturated carbocycles. The van der Waals surface area contributed by atoms with Crippen LogP contribution in [0.2, 0.25) is 0 Å². The highest BCUT2D eigenvalue weighted by Crippen LogP contribution is 2.12. The summed E-state index contributed by atoms with van der Waals surface area (Å²) in [5, 5.41) is 1.46. The van der Waals surface area contributed by atoms with Crippen LogP contribution in [-0.4, -0.2) is 25.1 Å². The number of nitrogens with zero attached hydrogens (tertiary/aromatic N) is 1. The molecule has 0 N–H and O–H groups in total. The van der Waals surface area contributed by atoms with Gasteiger partial charge < -0.3 is 19.0 Å². The highest BCUT2D eigenvalue weighted by Gasteiger charge is 2.21. The summed E-state index contributed by atoms with van der Waals surface area (Å²) in [6.45, 7) is 0.449. The third-order valence-electron chi connectivity index (χ3n) is 1.40. The number of hydroxylamine groups is 2. The summed E-state index contributed by atoms with van der Waals surface area (Å²) in [6.07, 6.45) is 6.35. The van der Waals surface area contributed by atoms with Gasteiger partial charge in [0.25, 0.3) is 6.41 Å². The largest absolute Gasteiger partial charge is 0.383 e. The number of hydrogen-bond acceptors (Lipinski definition) is 5. The Morgan fingerprint density at radius 1 is 1.17 bits per heavy atom. The van der Waals surface area contributed by atoms with Crippen molar-refractivity contribution in [2.24, 2.45) is 0 Å². The van der Waals surface area contributed by atoms with Crippen LogP contribution >= 0.6 is 0 Å². The summed E-state index contributed by atoms with van der Waals surface area (Å²) in [7, 11) is 0. The summed E-state index contributed by atoms with van der Waals surface area (Å²) >= 11 is 0. The van der Waals surface area contributed by atoms with Crippen molar-refractivity contribution in [3.63, 3.8) is 0 Å². The molecule has 2 aliphatic rings. The molecule has 5 heteroatoms. The van der Waals surface area contributed by atoms with Crippen LogP contribution in [0, 0.1) is 0 Å². The smallest absolute Gasteiger partial charge is 0.276 e. The van der Waals surface area contributed by atoms with E-state index in [-0.39, 0.29) is 13.6 Å². The molecule has 0 aliphatic carbocycles. The lowest BCUT2D eigenvalue weighted by molar-refractivity contribution is -0.380. The maximum Gasteiger partial charge on any atom is 0.276 e. The van der Waals surface area contributed by atoms with E-state index in [1.54, 1.807) is 18.5 Å². The Morgan fingerprint density at radius 3 is 2.67 bits per heavy atom. The Morgan fingerprint density at radius 2 is 2.00 bits per heavy atom. The van der Waals surface area contributed by atoms with E-state index in [4.69, 9.17) is 19.0 Å². The molecule has 2 aliphatic heterocycles. The van der Waals surface area contributed by atoms with Gasteiger partial charge >= 0.3 is 0 Å². The Balaban J connectivity index is 1.90. The third-order valence-corrected chi connectivity index (χ3v) is 1.40. The molecule has 0 atom stereocenters. The molecule has 2 heterocycles. The first-order chi connectivity index (χ1) is 5.97. The molecule has 2 rings (SSSR count). The van der Waals surface area contributed by atoms with Crippen LogP contribution < -0.4 is 0 Å². The van der Waals surface area contributed by atoms with E-state index in [1.807, 2.05) is 6.08 Å². The molecule has 1 saturated heterocycles. The van der Waals surface area contributed by atoms with Crippen molar-refractivity contribution < 1.29 is 19.0 Å². The van der Waals surface area contributed by atoms with E-state index >= 15 is 0 Å². The summed E-state index contributed by atoms with van der Waals surface area (Å²) < 4.78 is 15.0. The Hall–Kier alpha value is -1.04. The topological polar surface area (TPSA) is 40.2 Å². The molecule has 0 aromatic heterocycles. The van der Waals surface area contributed by atoms with Gasteiger partial charge in [0.15, 0.2) is 13.6 Å². The van der Waals surface area contributed by atoms with Gasteiger partial charge in [0, 0.05) is 6.20 Å². The average Bonchev–Trinajstić information content (AvgIpc) is 2.21. The molecule has 0 bridgehead atoms. The molecule has 0 aromatic carbocycles. The summed E-state index contributed by atoms with van der Waals surface area (Å²) in [6, 6.07) is 0. The fourth-order valence-electron chi connectivity index (χ4n) is 0.882. The molecule has 0 aromatic rings. The number of rotatable bonds is 1. The molecule has 66 valence electrons. The van der Waals surface area contributed by atoms with Gasteiger partial charge in [-0.15, -0.1) is 0 Å². The van der Waals surface area contributed by atoms with E-state index in [0.29, 0.717) is 0 Å². The van der Waals surface area contributed by atoms with E-state index in [2.05, 4.69) is 0 Å². The lowest BCUT2D eigenvalue weighted by Gasteiger charge is -2.31. The summed E-state index contributed by atoms with van der Waals surface area (Å²) in [4.78, 5) is 5.08. The van der Waals surface area contributed by atoms with E-state index in [0.717, 1.165) is 0 Å². The van der Waals surface area contributed by atoms with Gasteiger partial charge in [-0.1, -0.05) is 0 Å². The minimum absolute atomic E-state index is 0.224. The summed E-state index contributed by atoms with van der Waals surface area (Å²) in [5.41, 5.74) is 0. The second-order valence-corrected chi connectivity index (χ2v) is 2.22. The molecule has 5 nitrogen and oxygen atoms in total. The van der Waals surface area contributed by atoms with Crippen LogP contribution in [0.1, 0.15) is 0 Å². The molecule has 1 fully saturated rings. The van der Waals surface area contributed by atoms with Crippen LogP contribution in [-0.2, 0) is 19.0 Å². The zero-order valence-corrected chi connectivity index (χ0v) is 6.38. The zero-order valence-electron chi connectivity index (χ0n) is 6.38. The van der Waals surface area contributed by atoms with Crippen molar-refractivity contribution in [3.05, 3.63) is 24.6 Å². The third kappa shape index (κ3) is 1.58. The summed E-state index contributed by atoms with van der Waals surface area (Å²) in [5.74, 6) is 0. The Labute approximate surface area is 69.7 Å². The first kappa shape index (κ1) is 7.60. The standard InChI is InChI=1S/C7H9NO4/c1-2-4-12-8(3-1)7-10-5-9-6-11-7/h1-4,7H,5-6H2. The predicted octanol–water partition coefficient (Wildman–Crippen LogP) is 0.523. The van der Waals surface area contributed by atoms with E-state index in [1.165, 1.54) is 5.06 Å². The van der Waals surface area contributed by atoms with Crippen LogP contribution in [0.3, 0.4) is 0 Å². The second-order valence-electron chi connectivity index (χ2n) is 2.22. The van der Waals surface area contributed by atoms with Crippen molar-refractivity contribution in [2.45, 2.75) is 6.41 Å². The normalized spacial score (nSPS) is 24.2. The lowest BCUT2D eigenvalue weighted by atomic mass is 10.5. The monoisotopic (exact) mass is 171 g/mol. The minimum Gasteiger partial charge on any atom is -0.383 e. The second kappa shape index (κ2) is 3.57. The number of ether oxygens (including phenoxy) is 3. The van der Waals surface area contributed by atoms with Crippen molar-refractivity contribution in [3.8, 4) is 0 Å². The molecular formula is C7H9NO4. The first-order valence-electron chi connectivity index (χ1n) is 3.56. The van der Waals surface area contributed by atoms with E-state index < -0.39 is 6.41 Å². The van der Waals surface area contributed by atoms with Crippen LogP contribution in [0.15, 0.2) is 24.6 Å². The molecule has 0 unspecified atom stereocenters. The molecule has 0 radical (unpaired) electrons. The highest BCUT2D eigenvalue weighted by atomic mass is 16.9. The van der Waals surface area contributed by atoms with Crippen molar-refractivity contribution >= 4 is 0 Å². The van der Waals surface area contributed by atoms with Gasteiger partial charge in [0.2, 0.25) is 0 Å². The number of hydrogen-bond donors (Lipinski definition) is 0. The number of allylic oxidation sites excluding steroid dienone is 2. The van der Waals surface area contributed by atoms with Crippen LogP contribution in [0.5, 0.6) is 0 Å². The molecule has 12 heavy (non-hydrogen) atoms. The van der Waals surface area contributed by atoms with E-state index in [9.17, 15) is 0 Å². The molecular weight excluding hydrogens is 162 g/mol. The fraction of sp³-hybridized carbons (Fsp3) is 0.429. The van der Waals surface area contributed by atoms with Gasteiger partial charge in [-0.25, -0.2) is 0 Å². The zero-order chi connectivity index (χ0) is 8.23. The maximum absolute atomic E-state index is 5.09. The lowest BCUT2D eigenvalue weighted by Crippen LogP contribution is -2.39. The van der Waals surface area contributed by atoms with Crippen LogP contribution in [0.25, 0.3) is 0 Å². The van der Waals surface area contributed by atoms with Gasteiger partial charge in [-0.2, -0.15) is 5.06 Å². The Bertz CT molecular complexity index is 198. The quantitative estimate of drug-likeness (QED) is 0.575. The fourth-order valence-corrected chi connectivity index (χ4v) is 0.882.